The molecule has 1 unspecified atom stereocenters. The lowest BCUT2D eigenvalue weighted by atomic mass is 10.5. The van der Waals surface area contributed by atoms with Gasteiger partial charge in [-0.1, -0.05) is 6.08 Å². The maximum absolute atomic E-state index is 5.15. The predicted molar refractivity (Wildman–Crippen MR) is 46.1 cm³/mol. The summed E-state index contributed by atoms with van der Waals surface area (Å²) in [6.45, 7) is 7.41. The summed E-state index contributed by atoms with van der Waals surface area (Å²) in [4.78, 5) is 0. The average molecular weight is 175 g/mol. The van der Waals surface area contributed by atoms with Crippen LogP contribution in [0.3, 0.4) is 0 Å². The van der Waals surface area contributed by atoms with Gasteiger partial charge in [-0.05, 0) is 6.92 Å². The van der Waals surface area contributed by atoms with Crippen molar-refractivity contribution in [3.05, 3.63) is 19.6 Å². The number of hydrogen-bond donors (Lipinski definition) is 0. The predicted octanol–water partition coefficient (Wildman–Crippen LogP) is 1.25. The van der Waals surface area contributed by atoms with E-state index in [-0.39, 0.29) is 5.54 Å². The van der Waals surface area contributed by atoms with Crippen LogP contribution in [0.15, 0.2) is 12.7 Å². The topological polar surface area (TPSA) is 27.7 Å². The zero-order chi connectivity index (χ0) is 8.91. The molecule has 11 heavy (non-hydrogen) atoms. The highest BCUT2D eigenvalue weighted by molar-refractivity contribution is 6.63. The van der Waals surface area contributed by atoms with Gasteiger partial charge < -0.3 is 13.3 Å². The molecule has 0 aliphatic rings. The molecule has 0 saturated heterocycles. The first kappa shape index (κ1) is 10.8. The summed E-state index contributed by atoms with van der Waals surface area (Å²) in [6.07, 6.45) is 1.67. The Bertz CT molecular complexity index is 115. The van der Waals surface area contributed by atoms with E-state index >= 15 is 0 Å². The largest absolute Gasteiger partial charge is 0.507 e. The highest BCUT2D eigenvalue weighted by atomic mass is 28.4. The highest BCUT2D eigenvalue weighted by Crippen LogP contribution is 2.23. The molecule has 0 aromatic heterocycles. The average Bonchev–Trinajstić information content (AvgIpc) is 2.08. The third-order valence-corrected chi connectivity index (χ3v) is 4.44. The minimum absolute atomic E-state index is 0.123. The first-order valence-corrected chi connectivity index (χ1v) is 5.08. The molecule has 0 aliphatic carbocycles. The molecule has 0 rings (SSSR count). The quantitative estimate of drug-likeness (QED) is 0.465. The van der Waals surface area contributed by atoms with Crippen LogP contribution in [0.25, 0.3) is 0 Å². The summed E-state index contributed by atoms with van der Waals surface area (Å²) in [6, 6.07) is 0. The molecule has 3 nitrogen and oxygen atoms in total. The summed E-state index contributed by atoms with van der Waals surface area (Å²) < 4.78 is 15.4. The monoisotopic (exact) mass is 175 g/mol. The van der Waals surface area contributed by atoms with E-state index in [1.54, 1.807) is 27.4 Å². The molecule has 0 spiro atoms. The Balaban J connectivity index is 4.38. The Morgan fingerprint density at radius 1 is 1.18 bits per heavy atom. The van der Waals surface area contributed by atoms with Crippen LogP contribution >= 0.6 is 0 Å². The van der Waals surface area contributed by atoms with Gasteiger partial charge in [0.05, 0.1) is 0 Å². The summed E-state index contributed by atoms with van der Waals surface area (Å²) in [5.41, 5.74) is -0.123. The molecule has 0 bridgehead atoms. The Morgan fingerprint density at radius 3 is 1.64 bits per heavy atom. The van der Waals surface area contributed by atoms with Gasteiger partial charge in [-0.2, -0.15) is 0 Å². The van der Waals surface area contributed by atoms with Gasteiger partial charge in [0, 0.05) is 26.9 Å². The lowest BCUT2D eigenvalue weighted by Crippen LogP contribution is -2.46. The molecular formula is C7H15O3Si. The fraction of sp³-hybridized carbons (Fsp3) is 0.571. The van der Waals surface area contributed by atoms with Crippen LogP contribution in [0.4, 0.5) is 0 Å². The molecule has 0 saturated carbocycles. The van der Waals surface area contributed by atoms with Crippen LogP contribution in [-0.2, 0) is 13.3 Å². The van der Waals surface area contributed by atoms with Crippen LogP contribution in [0.5, 0.6) is 0 Å². The Labute approximate surface area is 69.3 Å². The maximum atomic E-state index is 5.15. The van der Waals surface area contributed by atoms with E-state index in [9.17, 15) is 0 Å². The molecule has 0 amide bonds. The van der Waals surface area contributed by atoms with Crippen molar-refractivity contribution in [1.29, 1.82) is 0 Å². The second-order valence-electron chi connectivity index (χ2n) is 2.06. The van der Waals surface area contributed by atoms with Crippen molar-refractivity contribution in [2.45, 2.75) is 5.54 Å². The Morgan fingerprint density at radius 2 is 1.55 bits per heavy atom. The van der Waals surface area contributed by atoms with E-state index in [2.05, 4.69) is 13.5 Å². The van der Waals surface area contributed by atoms with Gasteiger partial charge in [-0.3, -0.25) is 0 Å². The summed E-state index contributed by atoms with van der Waals surface area (Å²) >= 11 is 0. The van der Waals surface area contributed by atoms with E-state index in [0.29, 0.717) is 0 Å². The third kappa shape index (κ3) is 2.13. The van der Waals surface area contributed by atoms with E-state index in [4.69, 9.17) is 13.3 Å². The molecule has 0 heterocycles. The van der Waals surface area contributed by atoms with Gasteiger partial charge in [0.25, 0.3) is 0 Å². The van der Waals surface area contributed by atoms with Crippen molar-refractivity contribution in [2.24, 2.45) is 0 Å². The minimum Gasteiger partial charge on any atom is -0.376 e. The van der Waals surface area contributed by atoms with Crippen molar-refractivity contribution in [2.75, 3.05) is 21.3 Å². The molecule has 0 N–H and O–H groups in total. The van der Waals surface area contributed by atoms with Crippen molar-refractivity contribution in [1.82, 2.24) is 0 Å². The van der Waals surface area contributed by atoms with Gasteiger partial charge in [0.15, 0.2) is 0 Å². The fourth-order valence-electron chi connectivity index (χ4n) is 0.848. The third-order valence-electron chi connectivity index (χ3n) is 1.59. The molecular weight excluding hydrogens is 160 g/mol. The van der Waals surface area contributed by atoms with Gasteiger partial charge in [0.2, 0.25) is 0 Å². The summed E-state index contributed by atoms with van der Waals surface area (Å²) in [7, 11) is 2.12. The first-order chi connectivity index (χ1) is 5.16. The first-order valence-electron chi connectivity index (χ1n) is 3.28. The van der Waals surface area contributed by atoms with E-state index in [0.717, 1.165) is 0 Å². The molecule has 4 heteroatoms. The summed E-state index contributed by atoms with van der Waals surface area (Å²) in [5, 5.41) is 0. The normalized spacial score (nSPS) is 14.5. The van der Waals surface area contributed by atoms with Gasteiger partial charge >= 0.3 is 8.80 Å². The molecule has 0 aromatic carbocycles. The van der Waals surface area contributed by atoms with Gasteiger partial charge in [0.1, 0.15) is 0 Å². The molecule has 1 atom stereocenters. The zero-order valence-electron chi connectivity index (χ0n) is 7.29. The van der Waals surface area contributed by atoms with Gasteiger partial charge in [-0.15, -0.1) is 6.58 Å². The standard InChI is InChI=1S/C7H15O3Si/c1-6-7(2)11(8-3,9-4)10-5/h6-7H,1-2H2,3-5H3. The SMILES string of the molecule is [CH2]C(C=C)[Si](OC)(OC)OC. The highest BCUT2D eigenvalue weighted by Gasteiger charge is 2.42. The van der Waals surface area contributed by atoms with Crippen LogP contribution in [0.1, 0.15) is 0 Å². The van der Waals surface area contributed by atoms with E-state index < -0.39 is 8.80 Å². The van der Waals surface area contributed by atoms with E-state index in [1.165, 1.54) is 0 Å². The lowest BCUT2D eigenvalue weighted by Gasteiger charge is -2.27. The number of hydrogen-bond acceptors (Lipinski definition) is 3. The van der Waals surface area contributed by atoms with Crippen molar-refractivity contribution in [3.63, 3.8) is 0 Å². The van der Waals surface area contributed by atoms with Crippen LogP contribution in [0.2, 0.25) is 5.54 Å². The van der Waals surface area contributed by atoms with Crippen molar-refractivity contribution >= 4 is 8.80 Å². The smallest absolute Gasteiger partial charge is 0.376 e. The minimum atomic E-state index is -2.55. The van der Waals surface area contributed by atoms with Crippen molar-refractivity contribution < 1.29 is 13.3 Å². The van der Waals surface area contributed by atoms with Crippen LogP contribution in [-0.4, -0.2) is 30.1 Å². The second kappa shape index (κ2) is 4.66. The van der Waals surface area contributed by atoms with E-state index in [1.807, 2.05) is 0 Å². The molecule has 0 aliphatic heterocycles. The fourth-order valence-corrected chi connectivity index (χ4v) is 2.55. The van der Waals surface area contributed by atoms with Crippen LogP contribution < -0.4 is 0 Å². The number of allylic oxidation sites excluding steroid dienone is 1. The van der Waals surface area contributed by atoms with Crippen LogP contribution in [0, 0.1) is 6.92 Å². The van der Waals surface area contributed by atoms with Gasteiger partial charge in [-0.25, -0.2) is 0 Å². The Hall–Kier alpha value is -0.163. The second-order valence-corrected chi connectivity index (χ2v) is 5.23. The summed E-state index contributed by atoms with van der Waals surface area (Å²) in [5.74, 6) is 0. The zero-order valence-corrected chi connectivity index (χ0v) is 8.29. The Kier molecular flexibility index (Phi) is 4.59. The maximum Gasteiger partial charge on any atom is 0.507 e. The van der Waals surface area contributed by atoms with Crippen molar-refractivity contribution in [3.8, 4) is 0 Å². The molecule has 65 valence electrons. The molecule has 0 fully saturated rings. The number of rotatable bonds is 5. The molecule has 0 aromatic rings. The lowest BCUT2D eigenvalue weighted by molar-refractivity contribution is 0.121. The molecule has 1 radical (unpaired) electrons.